The van der Waals surface area contributed by atoms with Gasteiger partial charge in [0.1, 0.15) is 0 Å². The zero-order valence-electron chi connectivity index (χ0n) is 18.4. The summed E-state index contributed by atoms with van der Waals surface area (Å²) in [6.07, 6.45) is 3.22. The van der Waals surface area contributed by atoms with Crippen molar-refractivity contribution in [3.05, 3.63) is 82.9 Å². The second kappa shape index (κ2) is 12.9. The lowest BCUT2D eigenvalue weighted by molar-refractivity contribution is -0.134. The number of carbonyl (C=O) groups is 2. The summed E-state index contributed by atoms with van der Waals surface area (Å²) in [5.41, 5.74) is 3.28. The molecule has 1 aliphatic heterocycles. The van der Waals surface area contributed by atoms with E-state index in [9.17, 15) is 9.59 Å². The normalized spacial score (nSPS) is 16.1. The van der Waals surface area contributed by atoms with Gasteiger partial charge in [0, 0.05) is 38.1 Å². The summed E-state index contributed by atoms with van der Waals surface area (Å²) < 4.78 is 0. The zero-order valence-corrected chi connectivity index (χ0v) is 19.2. The molecule has 2 aromatic carbocycles. The summed E-state index contributed by atoms with van der Waals surface area (Å²) in [5, 5.41) is 4.90. The highest BCUT2D eigenvalue weighted by Crippen LogP contribution is 2.32. The lowest BCUT2D eigenvalue weighted by atomic mass is 10.0. The standard InChI is InChI=1S/C26H31N3O2S/c1-27-23(19-21-9-4-2-5-10-21)20-32-18-16-28-25(30)14-15-26(31)29-17-8-13-24(29)22-11-6-3-7-12-22/h2-7,9-12,20,24H,1,8,13-19H2,(H,28,30)/b23-20-. The molecule has 1 heterocycles. The number of thioether (sulfide) groups is 1. The van der Waals surface area contributed by atoms with E-state index in [1.807, 2.05) is 46.7 Å². The Labute approximate surface area is 195 Å². The molecule has 1 aliphatic rings. The largest absolute Gasteiger partial charge is 0.355 e. The number of hydrogen-bond acceptors (Lipinski definition) is 4. The van der Waals surface area contributed by atoms with Crippen LogP contribution in [0.25, 0.3) is 0 Å². The summed E-state index contributed by atoms with van der Waals surface area (Å²) in [4.78, 5) is 30.9. The third-order valence-corrected chi connectivity index (χ3v) is 6.39. The van der Waals surface area contributed by atoms with Crippen molar-refractivity contribution in [2.75, 3.05) is 18.8 Å². The van der Waals surface area contributed by atoms with Crippen LogP contribution in [0.1, 0.15) is 42.9 Å². The van der Waals surface area contributed by atoms with Gasteiger partial charge in [0.2, 0.25) is 11.8 Å². The number of amides is 2. The molecular weight excluding hydrogens is 418 g/mol. The SMILES string of the molecule is C=N/C(=C\SCCNC(=O)CCC(=O)N1CCCC1c1ccccc1)Cc1ccccc1. The zero-order chi connectivity index (χ0) is 22.6. The van der Waals surface area contributed by atoms with E-state index in [0.717, 1.165) is 37.3 Å². The fourth-order valence-electron chi connectivity index (χ4n) is 3.88. The molecule has 3 rings (SSSR count). The van der Waals surface area contributed by atoms with Gasteiger partial charge in [-0.25, -0.2) is 0 Å². The first kappa shape index (κ1) is 23.8. The maximum absolute atomic E-state index is 12.7. The van der Waals surface area contributed by atoms with Crippen molar-refractivity contribution >= 4 is 30.3 Å². The molecule has 1 N–H and O–H groups in total. The number of aliphatic imine (C=N–C) groups is 1. The molecule has 0 bridgehead atoms. The van der Waals surface area contributed by atoms with E-state index in [2.05, 4.69) is 41.3 Å². The van der Waals surface area contributed by atoms with Crippen molar-refractivity contribution in [1.82, 2.24) is 10.2 Å². The van der Waals surface area contributed by atoms with Gasteiger partial charge < -0.3 is 10.2 Å². The fraction of sp³-hybridized carbons (Fsp3) is 0.346. The summed E-state index contributed by atoms with van der Waals surface area (Å²) in [5.74, 6) is 0.728. The monoisotopic (exact) mass is 449 g/mol. The second-order valence-corrected chi connectivity index (χ2v) is 8.78. The number of nitrogens with zero attached hydrogens (tertiary/aromatic N) is 2. The van der Waals surface area contributed by atoms with Crippen LogP contribution < -0.4 is 5.32 Å². The van der Waals surface area contributed by atoms with Crippen LogP contribution in [0.3, 0.4) is 0 Å². The molecule has 1 saturated heterocycles. The van der Waals surface area contributed by atoms with Crippen LogP contribution in [0, 0.1) is 0 Å². The Morgan fingerprint density at radius 3 is 2.53 bits per heavy atom. The Hall–Kier alpha value is -2.86. The lowest BCUT2D eigenvalue weighted by Crippen LogP contribution is -2.32. The van der Waals surface area contributed by atoms with E-state index in [1.54, 1.807) is 11.8 Å². The van der Waals surface area contributed by atoms with Crippen LogP contribution in [0.2, 0.25) is 0 Å². The minimum absolute atomic E-state index is 0.0615. The molecule has 1 atom stereocenters. The molecule has 168 valence electrons. The highest BCUT2D eigenvalue weighted by atomic mass is 32.2. The molecule has 2 amide bonds. The molecule has 6 heteroatoms. The molecule has 0 radical (unpaired) electrons. The van der Waals surface area contributed by atoms with Crippen LogP contribution >= 0.6 is 11.8 Å². The molecular formula is C26H31N3O2S. The molecule has 2 aromatic rings. The Kier molecular flexibility index (Phi) is 9.57. The molecule has 1 unspecified atom stereocenters. The van der Waals surface area contributed by atoms with E-state index in [1.165, 1.54) is 11.1 Å². The van der Waals surface area contributed by atoms with Gasteiger partial charge in [-0.2, -0.15) is 0 Å². The quantitative estimate of drug-likeness (QED) is 0.397. The average molecular weight is 450 g/mol. The topological polar surface area (TPSA) is 61.8 Å². The molecule has 0 saturated carbocycles. The number of rotatable bonds is 11. The van der Waals surface area contributed by atoms with Crippen LogP contribution in [0.5, 0.6) is 0 Å². The molecule has 1 fully saturated rings. The van der Waals surface area contributed by atoms with Gasteiger partial charge in [-0.15, -0.1) is 11.8 Å². The van der Waals surface area contributed by atoms with Crippen LogP contribution in [-0.2, 0) is 16.0 Å². The van der Waals surface area contributed by atoms with Gasteiger partial charge in [0.15, 0.2) is 0 Å². The maximum Gasteiger partial charge on any atom is 0.223 e. The first-order valence-electron chi connectivity index (χ1n) is 11.1. The van der Waals surface area contributed by atoms with E-state index in [4.69, 9.17) is 0 Å². The average Bonchev–Trinajstić information content (AvgIpc) is 3.33. The summed E-state index contributed by atoms with van der Waals surface area (Å²) in [7, 11) is 0. The first-order valence-corrected chi connectivity index (χ1v) is 12.1. The number of likely N-dealkylation sites (tertiary alicyclic amines) is 1. The molecule has 32 heavy (non-hydrogen) atoms. The minimum atomic E-state index is -0.0789. The summed E-state index contributed by atoms with van der Waals surface area (Å²) >= 11 is 1.60. The minimum Gasteiger partial charge on any atom is -0.355 e. The van der Waals surface area contributed by atoms with Crippen LogP contribution in [-0.4, -0.2) is 42.3 Å². The number of allylic oxidation sites excluding steroid dienone is 1. The number of benzene rings is 2. The van der Waals surface area contributed by atoms with E-state index in [-0.39, 0.29) is 30.7 Å². The van der Waals surface area contributed by atoms with Crippen molar-refractivity contribution in [2.45, 2.75) is 38.1 Å². The van der Waals surface area contributed by atoms with Gasteiger partial charge in [0.05, 0.1) is 11.7 Å². The van der Waals surface area contributed by atoms with Gasteiger partial charge in [-0.05, 0) is 36.1 Å². The predicted octanol–water partition coefficient (Wildman–Crippen LogP) is 4.76. The number of nitrogens with one attached hydrogen (secondary N) is 1. The van der Waals surface area contributed by atoms with E-state index >= 15 is 0 Å². The Morgan fingerprint density at radius 1 is 1.09 bits per heavy atom. The van der Waals surface area contributed by atoms with Crippen molar-refractivity contribution in [1.29, 1.82) is 0 Å². The van der Waals surface area contributed by atoms with Gasteiger partial charge in [-0.3, -0.25) is 14.6 Å². The third-order valence-electron chi connectivity index (χ3n) is 5.52. The first-order chi connectivity index (χ1) is 15.7. The molecule has 0 spiro atoms. The summed E-state index contributed by atoms with van der Waals surface area (Å²) in [6, 6.07) is 20.4. The number of hydrogen-bond donors (Lipinski definition) is 1. The van der Waals surface area contributed by atoms with Gasteiger partial charge >= 0.3 is 0 Å². The van der Waals surface area contributed by atoms with Gasteiger partial charge in [0.25, 0.3) is 0 Å². The highest BCUT2D eigenvalue weighted by molar-refractivity contribution is 8.02. The van der Waals surface area contributed by atoms with Crippen molar-refractivity contribution < 1.29 is 9.59 Å². The Bertz CT molecular complexity index is 915. The fourth-order valence-corrected chi connectivity index (χ4v) is 4.57. The Morgan fingerprint density at radius 2 is 1.81 bits per heavy atom. The lowest BCUT2D eigenvalue weighted by Gasteiger charge is -2.25. The van der Waals surface area contributed by atoms with E-state index in [0.29, 0.717) is 6.54 Å². The summed E-state index contributed by atoms with van der Waals surface area (Å²) in [6.45, 7) is 4.97. The Balaban J connectivity index is 1.34. The third kappa shape index (κ3) is 7.38. The molecule has 0 aromatic heterocycles. The van der Waals surface area contributed by atoms with Crippen LogP contribution in [0.15, 0.2) is 76.8 Å². The number of carbonyl (C=O) groups excluding carboxylic acids is 2. The molecule has 5 nitrogen and oxygen atoms in total. The second-order valence-electron chi connectivity index (χ2n) is 7.81. The van der Waals surface area contributed by atoms with Crippen molar-refractivity contribution in [2.24, 2.45) is 4.99 Å². The van der Waals surface area contributed by atoms with Crippen molar-refractivity contribution in [3.8, 4) is 0 Å². The van der Waals surface area contributed by atoms with E-state index < -0.39 is 0 Å². The maximum atomic E-state index is 12.7. The highest BCUT2D eigenvalue weighted by Gasteiger charge is 2.29. The predicted molar refractivity (Wildman–Crippen MR) is 133 cm³/mol. The van der Waals surface area contributed by atoms with Crippen LogP contribution in [0.4, 0.5) is 0 Å². The molecule has 0 aliphatic carbocycles. The van der Waals surface area contributed by atoms with Crippen molar-refractivity contribution in [3.63, 3.8) is 0 Å². The smallest absolute Gasteiger partial charge is 0.223 e. The van der Waals surface area contributed by atoms with Gasteiger partial charge in [-0.1, -0.05) is 60.7 Å².